The van der Waals surface area contributed by atoms with E-state index in [0.29, 0.717) is 48.3 Å². The van der Waals surface area contributed by atoms with E-state index in [2.05, 4.69) is 261 Å². The van der Waals surface area contributed by atoms with Crippen LogP contribution in [0.4, 0.5) is 45.5 Å². The smallest absolute Gasteiger partial charge is 0.212 e. The van der Waals surface area contributed by atoms with Gasteiger partial charge in [0.05, 0.1) is 0 Å². The molecule has 0 aliphatic heterocycles. The Kier molecular flexibility index (Phi) is 15.3. The topological polar surface area (TPSA) is 19.0 Å². The maximum Gasteiger partial charge on any atom is 0.212 e. The molecule has 320 valence electrons. The lowest BCUT2D eigenvalue weighted by molar-refractivity contribution is -0.586. The second-order valence-corrected chi connectivity index (χ2v) is 18.6. The molecule has 0 radical (unpaired) electrons. The summed E-state index contributed by atoms with van der Waals surface area (Å²) >= 11 is 0. The Morgan fingerprint density at radius 1 is 0.300 bits per heavy atom. The first-order chi connectivity index (χ1) is 28.4. The van der Waals surface area contributed by atoms with Gasteiger partial charge in [-0.25, -0.2) is 4.58 Å². The zero-order valence-corrected chi connectivity index (χ0v) is 39.8. The molecule has 1 aliphatic carbocycles. The second kappa shape index (κ2) is 20.0. The molecule has 0 atom stereocenters. The maximum atomic E-state index is 2.48. The molecular formula is C54H76N6+2. The number of allylic oxidation sites excluding steroid dienone is 4. The molecule has 5 rings (SSSR count). The largest absolute Gasteiger partial charge is 0.367 e. The molecule has 0 saturated heterocycles. The zero-order chi connectivity index (χ0) is 44.0. The summed E-state index contributed by atoms with van der Waals surface area (Å²) in [6.07, 6.45) is 9.10. The van der Waals surface area contributed by atoms with Gasteiger partial charge in [-0.3, -0.25) is 0 Å². The lowest BCUT2D eigenvalue weighted by Gasteiger charge is -2.34. The Bertz CT molecular complexity index is 1990. The molecule has 4 aromatic rings. The van der Waals surface area contributed by atoms with Crippen molar-refractivity contribution in [2.24, 2.45) is 0 Å². The van der Waals surface area contributed by atoms with Gasteiger partial charge in [0.25, 0.3) is 0 Å². The third-order valence-corrected chi connectivity index (χ3v) is 11.4. The third kappa shape index (κ3) is 10.4. The van der Waals surface area contributed by atoms with E-state index in [9.17, 15) is 0 Å². The van der Waals surface area contributed by atoms with Crippen molar-refractivity contribution in [3.63, 3.8) is 0 Å². The molecule has 60 heavy (non-hydrogen) atoms. The summed E-state index contributed by atoms with van der Waals surface area (Å²) < 4.78 is 4.86. The molecule has 0 fully saturated rings. The monoisotopic (exact) mass is 809 g/mol. The Hall–Kier alpha value is -5.10. The van der Waals surface area contributed by atoms with E-state index >= 15 is 0 Å². The van der Waals surface area contributed by atoms with Gasteiger partial charge in [-0.15, -0.1) is 0 Å². The van der Waals surface area contributed by atoms with Gasteiger partial charge < -0.3 is 19.6 Å². The third-order valence-electron chi connectivity index (χ3n) is 11.4. The van der Waals surface area contributed by atoms with E-state index in [-0.39, 0.29) is 0 Å². The van der Waals surface area contributed by atoms with Crippen LogP contribution in [0.25, 0.3) is 0 Å². The van der Waals surface area contributed by atoms with Gasteiger partial charge in [0.1, 0.15) is 12.1 Å². The summed E-state index contributed by atoms with van der Waals surface area (Å²) in [5.41, 5.74) is 11.7. The van der Waals surface area contributed by atoms with Crippen LogP contribution in [0.15, 0.2) is 121 Å². The van der Waals surface area contributed by atoms with E-state index in [1.54, 1.807) is 0 Å². The van der Waals surface area contributed by atoms with E-state index in [1.807, 2.05) is 0 Å². The van der Waals surface area contributed by atoms with Crippen LogP contribution in [0.2, 0.25) is 0 Å². The van der Waals surface area contributed by atoms with Gasteiger partial charge in [-0.05, 0) is 184 Å². The van der Waals surface area contributed by atoms with Crippen LogP contribution >= 0.6 is 0 Å². The summed E-state index contributed by atoms with van der Waals surface area (Å²) in [6.45, 7) is 36.3. The van der Waals surface area contributed by atoms with E-state index < -0.39 is 0 Å². The summed E-state index contributed by atoms with van der Waals surface area (Å²) in [5.74, 6) is 0. The zero-order valence-electron chi connectivity index (χ0n) is 39.8. The van der Waals surface area contributed by atoms with Crippen LogP contribution in [0, 0.1) is 0 Å². The number of anilines is 6. The molecule has 0 amide bonds. The highest BCUT2D eigenvalue weighted by Gasteiger charge is 2.26. The quantitative estimate of drug-likeness (QED) is 0.0829. The van der Waals surface area contributed by atoms with Crippen molar-refractivity contribution in [1.82, 2.24) is 4.58 Å². The number of rotatable bonds is 16. The predicted octanol–water partition coefficient (Wildman–Crippen LogP) is 13.7. The van der Waals surface area contributed by atoms with Crippen LogP contribution in [0.5, 0.6) is 0 Å². The molecule has 0 spiro atoms. The van der Waals surface area contributed by atoms with Gasteiger partial charge in [-0.1, -0.05) is 0 Å². The Morgan fingerprint density at radius 2 is 0.533 bits per heavy atom. The van der Waals surface area contributed by atoms with Crippen LogP contribution in [-0.4, -0.2) is 64.3 Å². The second-order valence-electron chi connectivity index (χ2n) is 18.6. The summed E-state index contributed by atoms with van der Waals surface area (Å²) in [5, 5.41) is 0. The van der Waals surface area contributed by atoms with Gasteiger partial charge in [-0.2, -0.15) is 4.58 Å². The Balaban J connectivity index is 1.64. The fourth-order valence-corrected chi connectivity index (χ4v) is 9.51. The molecule has 1 aliphatic rings. The normalized spacial score (nSPS) is 13.0. The Labute approximate surface area is 364 Å². The molecule has 0 unspecified atom stereocenters. The van der Waals surface area contributed by atoms with Crippen LogP contribution in [-0.2, 0) is 0 Å². The first kappa shape index (κ1) is 46.0. The lowest BCUT2D eigenvalue weighted by atomic mass is 10.1. The minimum Gasteiger partial charge on any atom is -0.367 e. The molecule has 4 aromatic carbocycles. The molecular weight excluding hydrogens is 733 g/mol. The van der Waals surface area contributed by atoms with Crippen LogP contribution in [0.1, 0.15) is 111 Å². The molecule has 0 heterocycles. The number of benzene rings is 4. The van der Waals surface area contributed by atoms with E-state index in [4.69, 9.17) is 0 Å². The lowest BCUT2D eigenvalue weighted by Crippen LogP contribution is -2.37. The number of hydrogen-bond acceptors (Lipinski definition) is 4. The van der Waals surface area contributed by atoms with Crippen LogP contribution in [0.3, 0.4) is 0 Å². The highest BCUT2D eigenvalue weighted by molar-refractivity contribution is 6.18. The van der Waals surface area contributed by atoms with Gasteiger partial charge in [0, 0.05) is 119 Å². The highest BCUT2D eigenvalue weighted by Crippen LogP contribution is 2.38. The molecule has 6 nitrogen and oxygen atoms in total. The SMILES string of the molecule is CC(C)N(c1ccc(N(c2ccc(N(C(C)C)C(C)C)cc2)c2ccc([N+](=C3C=CC(=[N+](C(C)C)C(C)C)C=C3)c3ccc(N(C(C)C)C(C)C)cc3)cc2)cc1)C(C)C. The first-order valence-electron chi connectivity index (χ1n) is 22.6. The van der Waals surface area contributed by atoms with Crippen molar-refractivity contribution in [3.05, 3.63) is 121 Å². The van der Waals surface area contributed by atoms with Gasteiger partial charge in [0.15, 0.2) is 0 Å². The molecule has 6 heteroatoms. The van der Waals surface area contributed by atoms with Crippen molar-refractivity contribution in [2.45, 2.75) is 159 Å². The molecule has 0 saturated carbocycles. The fourth-order valence-electron chi connectivity index (χ4n) is 9.51. The Morgan fingerprint density at radius 3 is 0.800 bits per heavy atom. The van der Waals surface area contributed by atoms with Crippen molar-refractivity contribution in [1.29, 1.82) is 0 Å². The molecule has 0 N–H and O–H groups in total. The average molecular weight is 809 g/mol. The van der Waals surface area contributed by atoms with Crippen molar-refractivity contribution in [3.8, 4) is 0 Å². The fraction of sp³-hybridized carbons (Fsp3) is 0.444. The molecule has 0 aromatic heterocycles. The number of hydrogen-bond donors (Lipinski definition) is 0. The van der Waals surface area contributed by atoms with Gasteiger partial charge >= 0.3 is 0 Å². The highest BCUT2D eigenvalue weighted by atomic mass is 15.2. The first-order valence-corrected chi connectivity index (χ1v) is 22.6. The predicted molar refractivity (Wildman–Crippen MR) is 266 cm³/mol. The number of nitrogens with zero attached hydrogens (tertiary/aromatic N) is 6. The summed E-state index contributed by atoms with van der Waals surface area (Å²) in [6, 6.07) is 39.6. The standard InChI is InChI=1S/C54H76N6/c1-37(2)55(38(3)4)45-17-25-49(26-18-45)59(50-27-19-46(20-28-50)56(39(5)6)40(7)8)53-33-35-54(36-34-53)60(51-29-21-47(22-30-51)57(41(9)10)42(11)12)52-31-23-48(24-32-52)58(43(13)14)44(15)16/h17-44H,1-16H3/q+2. The minimum absolute atomic E-state index is 0.404. The van der Waals surface area contributed by atoms with Crippen LogP contribution < -0.4 is 24.2 Å². The van der Waals surface area contributed by atoms with E-state index in [0.717, 1.165) is 34.1 Å². The van der Waals surface area contributed by atoms with E-state index in [1.165, 1.54) is 22.8 Å². The summed E-state index contributed by atoms with van der Waals surface area (Å²) in [7, 11) is 0. The van der Waals surface area contributed by atoms with Crippen molar-refractivity contribution >= 4 is 56.9 Å². The summed E-state index contributed by atoms with van der Waals surface area (Å²) in [4.78, 5) is 9.81. The van der Waals surface area contributed by atoms with Crippen molar-refractivity contribution in [2.75, 3.05) is 19.6 Å². The molecule has 0 bridgehead atoms. The average Bonchev–Trinajstić information content (AvgIpc) is 3.17. The van der Waals surface area contributed by atoms with Crippen molar-refractivity contribution < 1.29 is 4.58 Å². The minimum atomic E-state index is 0.404. The van der Waals surface area contributed by atoms with Gasteiger partial charge in [0.2, 0.25) is 22.8 Å². The maximum absolute atomic E-state index is 2.48.